The van der Waals surface area contributed by atoms with Crippen LogP contribution in [0.1, 0.15) is 0 Å². The van der Waals surface area contributed by atoms with E-state index in [1.165, 1.54) is 0 Å². The number of hydrogen-bond acceptors (Lipinski definition) is 4. The van der Waals surface area contributed by atoms with E-state index in [9.17, 15) is 0 Å². The Morgan fingerprint density at radius 1 is 1.36 bits per heavy atom. The molecule has 2 aromatic heterocycles. The van der Waals surface area contributed by atoms with Gasteiger partial charge in [0.05, 0.1) is 12.0 Å². The standard InChI is InChI=1S/C7H7N3O/c8-4-3-6-5(1-2-11-6)10-7(4)9/h1-3H,8H2,(H2,9,10). The molecule has 0 aliphatic rings. The van der Waals surface area contributed by atoms with Crippen LogP contribution in [-0.4, -0.2) is 4.98 Å². The van der Waals surface area contributed by atoms with E-state index in [1.54, 1.807) is 18.4 Å². The first-order chi connectivity index (χ1) is 5.27. The summed E-state index contributed by atoms with van der Waals surface area (Å²) in [6.45, 7) is 0. The van der Waals surface area contributed by atoms with Gasteiger partial charge in [0.1, 0.15) is 11.3 Å². The summed E-state index contributed by atoms with van der Waals surface area (Å²) in [5.74, 6) is 0.346. The number of fused-ring (bicyclic) bond motifs is 1. The van der Waals surface area contributed by atoms with Crippen LogP contribution in [-0.2, 0) is 0 Å². The van der Waals surface area contributed by atoms with Crippen LogP contribution in [0.15, 0.2) is 22.8 Å². The smallest absolute Gasteiger partial charge is 0.154 e. The Kier molecular flexibility index (Phi) is 1.03. The quantitative estimate of drug-likeness (QED) is 0.585. The van der Waals surface area contributed by atoms with Crippen LogP contribution < -0.4 is 11.5 Å². The maximum Gasteiger partial charge on any atom is 0.154 e. The molecule has 0 unspecified atom stereocenters. The van der Waals surface area contributed by atoms with Crippen molar-refractivity contribution in [1.82, 2.24) is 4.98 Å². The van der Waals surface area contributed by atoms with Crippen LogP contribution in [0.25, 0.3) is 11.1 Å². The Morgan fingerprint density at radius 2 is 2.18 bits per heavy atom. The second kappa shape index (κ2) is 1.88. The van der Waals surface area contributed by atoms with Crippen molar-refractivity contribution < 1.29 is 4.42 Å². The summed E-state index contributed by atoms with van der Waals surface area (Å²) in [6, 6.07) is 3.41. The molecule has 0 aromatic carbocycles. The first-order valence-corrected chi connectivity index (χ1v) is 3.16. The van der Waals surface area contributed by atoms with Gasteiger partial charge in [-0.2, -0.15) is 0 Å². The molecule has 0 fully saturated rings. The van der Waals surface area contributed by atoms with Gasteiger partial charge in [0.25, 0.3) is 0 Å². The van der Waals surface area contributed by atoms with Gasteiger partial charge in [-0.25, -0.2) is 4.98 Å². The summed E-state index contributed by atoms with van der Waals surface area (Å²) in [4.78, 5) is 3.99. The molecule has 4 nitrogen and oxygen atoms in total. The molecule has 0 amide bonds. The van der Waals surface area contributed by atoms with E-state index in [1.807, 2.05) is 0 Å². The predicted molar refractivity (Wildman–Crippen MR) is 42.8 cm³/mol. The summed E-state index contributed by atoms with van der Waals surface area (Å²) in [6.07, 6.45) is 1.55. The molecular formula is C7H7N3O. The number of anilines is 2. The lowest BCUT2D eigenvalue weighted by Gasteiger charge is -1.96. The summed E-state index contributed by atoms with van der Waals surface area (Å²) < 4.78 is 5.06. The topological polar surface area (TPSA) is 78.1 Å². The predicted octanol–water partition coefficient (Wildman–Crippen LogP) is 0.992. The van der Waals surface area contributed by atoms with E-state index in [0.717, 1.165) is 5.52 Å². The van der Waals surface area contributed by atoms with Gasteiger partial charge in [0, 0.05) is 12.1 Å². The molecule has 2 rings (SSSR count). The summed E-state index contributed by atoms with van der Waals surface area (Å²) in [5, 5.41) is 0. The number of nitrogens with zero attached hydrogens (tertiary/aromatic N) is 1. The third kappa shape index (κ3) is 0.797. The fourth-order valence-electron chi connectivity index (χ4n) is 0.924. The number of pyridine rings is 1. The zero-order valence-corrected chi connectivity index (χ0v) is 5.74. The highest BCUT2D eigenvalue weighted by Gasteiger charge is 2.01. The molecule has 0 saturated carbocycles. The fraction of sp³-hybridized carbons (Fsp3) is 0. The monoisotopic (exact) mass is 149 g/mol. The van der Waals surface area contributed by atoms with Gasteiger partial charge in [0.2, 0.25) is 0 Å². The summed E-state index contributed by atoms with van der Waals surface area (Å²) in [7, 11) is 0. The largest absolute Gasteiger partial charge is 0.463 e. The van der Waals surface area contributed by atoms with Gasteiger partial charge in [0.15, 0.2) is 5.58 Å². The Morgan fingerprint density at radius 3 is 3.00 bits per heavy atom. The Hall–Kier alpha value is -1.71. The molecule has 0 radical (unpaired) electrons. The van der Waals surface area contributed by atoms with Gasteiger partial charge in [-0.05, 0) is 0 Å². The molecule has 0 saturated heterocycles. The van der Waals surface area contributed by atoms with Crippen molar-refractivity contribution >= 4 is 22.6 Å². The van der Waals surface area contributed by atoms with Gasteiger partial charge >= 0.3 is 0 Å². The van der Waals surface area contributed by atoms with Crippen LogP contribution in [0.2, 0.25) is 0 Å². The zero-order valence-electron chi connectivity index (χ0n) is 5.74. The average Bonchev–Trinajstić information content (AvgIpc) is 2.36. The second-order valence-electron chi connectivity index (χ2n) is 2.27. The third-order valence-corrected chi connectivity index (χ3v) is 1.50. The number of furan rings is 1. The molecule has 56 valence electrons. The van der Waals surface area contributed by atoms with Gasteiger partial charge < -0.3 is 15.9 Å². The number of nitrogens with two attached hydrogens (primary N) is 2. The van der Waals surface area contributed by atoms with E-state index in [4.69, 9.17) is 15.9 Å². The minimum atomic E-state index is 0.346. The number of nitrogen functional groups attached to an aromatic ring is 2. The first-order valence-electron chi connectivity index (χ1n) is 3.16. The highest BCUT2D eigenvalue weighted by molar-refractivity contribution is 5.80. The Balaban J connectivity index is 2.86. The summed E-state index contributed by atoms with van der Waals surface area (Å²) in [5.41, 5.74) is 12.8. The Bertz CT molecular complexity index is 357. The highest BCUT2D eigenvalue weighted by Crippen LogP contribution is 2.20. The number of rotatable bonds is 0. The maximum absolute atomic E-state index is 5.50. The van der Waals surface area contributed by atoms with Crippen LogP contribution in [0.3, 0.4) is 0 Å². The van der Waals surface area contributed by atoms with Crippen molar-refractivity contribution in [2.24, 2.45) is 0 Å². The van der Waals surface area contributed by atoms with Crippen LogP contribution in [0.5, 0.6) is 0 Å². The molecule has 2 aromatic rings. The van der Waals surface area contributed by atoms with Crippen molar-refractivity contribution in [3.05, 3.63) is 18.4 Å². The molecule has 0 aliphatic carbocycles. The molecule has 0 bridgehead atoms. The second-order valence-corrected chi connectivity index (χ2v) is 2.27. The maximum atomic E-state index is 5.50. The normalized spacial score (nSPS) is 10.5. The van der Waals surface area contributed by atoms with Crippen LogP contribution in [0.4, 0.5) is 11.5 Å². The van der Waals surface area contributed by atoms with Gasteiger partial charge in [-0.15, -0.1) is 0 Å². The van der Waals surface area contributed by atoms with Gasteiger partial charge in [-0.3, -0.25) is 0 Å². The molecule has 0 atom stereocenters. The van der Waals surface area contributed by atoms with E-state index in [0.29, 0.717) is 17.1 Å². The van der Waals surface area contributed by atoms with Crippen LogP contribution >= 0.6 is 0 Å². The summed E-state index contributed by atoms with van der Waals surface area (Å²) >= 11 is 0. The zero-order chi connectivity index (χ0) is 7.84. The van der Waals surface area contributed by atoms with Crippen molar-refractivity contribution in [2.45, 2.75) is 0 Å². The lowest BCUT2D eigenvalue weighted by atomic mass is 10.3. The molecular weight excluding hydrogens is 142 g/mol. The van der Waals surface area contributed by atoms with E-state index < -0.39 is 0 Å². The number of hydrogen-bond donors (Lipinski definition) is 2. The van der Waals surface area contributed by atoms with Crippen molar-refractivity contribution in [2.75, 3.05) is 11.5 Å². The first kappa shape index (κ1) is 6.03. The van der Waals surface area contributed by atoms with Crippen molar-refractivity contribution in [3.8, 4) is 0 Å². The highest BCUT2D eigenvalue weighted by atomic mass is 16.3. The number of aromatic nitrogens is 1. The van der Waals surface area contributed by atoms with Crippen molar-refractivity contribution in [1.29, 1.82) is 0 Å². The molecule has 4 heteroatoms. The van der Waals surface area contributed by atoms with E-state index >= 15 is 0 Å². The fourth-order valence-corrected chi connectivity index (χ4v) is 0.924. The van der Waals surface area contributed by atoms with Crippen molar-refractivity contribution in [3.63, 3.8) is 0 Å². The Labute approximate surface area is 62.8 Å². The van der Waals surface area contributed by atoms with Gasteiger partial charge in [-0.1, -0.05) is 0 Å². The lowest BCUT2D eigenvalue weighted by molar-refractivity contribution is 0.615. The minimum absolute atomic E-state index is 0.346. The molecule has 0 spiro atoms. The minimum Gasteiger partial charge on any atom is -0.463 e. The van der Waals surface area contributed by atoms with Crippen LogP contribution in [0, 0.1) is 0 Å². The molecule has 2 heterocycles. The lowest BCUT2D eigenvalue weighted by Crippen LogP contribution is -1.96. The van der Waals surface area contributed by atoms with E-state index in [-0.39, 0.29) is 0 Å². The van der Waals surface area contributed by atoms with E-state index in [2.05, 4.69) is 4.98 Å². The molecule has 11 heavy (non-hydrogen) atoms. The molecule has 0 aliphatic heterocycles. The third-order valence-electron chi connectivity index (χ3n) is 1.50. The average molecular weight is 149 g/mol. The SMILES string of the molecule is Nc1cc2occc2nc1N. The molecule has 4 N–H and O–H groups in total.